The summed E-state index contributed by atoms with van der Waals surface area (Å²) in [6.07, 6.45) is 0. The lowest BCUT2D eigenvalue weighted by Gasteiger charge is -2.10. The van der Waals surface area contributed by atoms with Crippen LogP contribution in [0.4, 0.5) is 11.4 Å². The molecule has 0 radical (unpaired) electrons. The molecule has 0 aliphatic carbocycles. The van der Waals surface area contributed by atoms with Crippen LogP contribution in [0.5, 0.6) is 0 Å². The Bertz CT molecular complexity index is 749. The minimum Gasteiger partial charge on any atom is -0.370 e. The molecule has 0 aromatic heterocycles. The Morgan fingerprint density at radius 3 is 2.40 bits per heavy atom. The maximum Gasteiger partial charge on any atom is 0.246 e. The zero-order chi connectivity index (χ0) is 17.5. The zero-order valence-electron chi connectivity index (χ0n) is 14.1. The number of halogens is 2. The van der Waals surface area contributed by atoms with E-state index in [0.717, 1.165) is 10.2 Å². The number of rotatable bonds is 5. The van der Waals surface area contributed by atoms with E-state index in [4.69, 9.17) is 5.73 Å². The lowest BCUT2D eigenvalue weighted by Crippen LogP contribution is -2.25. The van der Waals surface area contributed by atoms with Crippen molar-refractivity contribution in [1.82, 2.24) is 0 Å². The van der Waals surface area contributed by atoms with Crippen LogP contribution in [-0.2, 0) is 4.79 Å². The van der Waals surface area contributed by atoms with Gasteiger partial charge in [0.05, 0.1) is 0 Å². The average Bonchev–Trinajstić information content (AvgIpc) is 2.53. The number of amides is 1. The molecule has 5 nitrogen and oxygen atoms in total. The van der Waals surface area contributed by atoms with Crippen LogP contribution in [-0.4, -0.2) is 18.4 Å². The summed E-state index contributed by atoms with van der Waals surface area (Å²) in [5.74, 6) is 0.412. The van der Waals surface area contributed by atoms with Gasteiger partial charge in [-0.3, -0.25) is 4.79 Å². The first-order valence-electron chi connectivity index (χ1n) is 7.66. The van der Waals surface area contributed by atoms with Gasteiger partial charge in [-0.15, -0.1) is 24.0 Å². The number of nitrogens with zero attached hydrogens (tertiary/aromatic N) is 1. The summed E-state index contributed by atoms with van der Waals surface area (Å²) in [4.78, 5) is 16.0. The number of carbonyl (C=O) groups excluding carboxylic acids is 1. The molecule has 25 heavy (non-hydrogen) atoms. The van der Waals surface area contributed by atoms with Crippen molar-refractivity contribution in [3.63, 3.8) is 0 Å². The molecule has 7 heteroatoms. The van der Waals surface area contributed by atoms with Gasteiger partial charge < -0.3 is 16.4 Å². The van der Waals surface area contributed by atoms with Crippen LogP contribution in [0.15, 0.2) is 58.0 Å². The van der Waals surface area contributed by atoms with Gasteiger partial charge in [0, 0.05) is 15.8 Å². The molecular weight excluding hydrogens is 495 g/mol. The first-order chi connectivity index (χ1) is 11.4. The molecule has 2 rings (SSSR count). The third-order valence-electron chi connectivity index (χ3n) is 3.33. The summed E-state index contributed by atoms with van der Waals surface area (Å²) in [5, 5.41) is 5.77. The van der Waals surface area contributed by atoms with Crippen molar-refractivity contribution in [2.45, 2.75) is 19.8 Å². The number of hydrogen-bond donors (Lipinski definition) is 3. The molecule has 4 N–H and O–H groups in total. The van der Waals surface area contributed by atoms with Gasteiger partial charge in [-0.2, -0.15) is 0 Å². The van der Waals surface area contributed by atoms with Gasteiger partial charge in [-0.05, 0) is 41.8 Å². The smallest absolute Gasteiger partial charge is 0.246 e. The summed E-state index contributed by atoms with van der Waals surface area (Å²) in [6, 6.07) is 15.3. The summed E-state index contributed by atoms with van der Waals surface area (Å²) in [7, 11) is 0. The number of nitrogens with two attached hydrogens (primary N) is 1. The van der Waals surface area contributed by atoms with Crippen molar-refractivity contribution in [1.29, 1.82) is 0 Å². The predicted octanol–water partition coefficient (Wildman–Crippen LogP) is 4.56. The standard InChI is InChI=1S/C18H21BrN4O.HI/c1-12(2)13-5-3-7-15(9-13)23-18(20)21-11-17(24)22-16-8-4-6-14(19)10-16;/h3-10,12H,11H2,1-2H3,(H,22,24)(H3,20,21,23);1H. The van der Waals surface area contributed by atoms with E-state index in [1.165, 1.54) is 5.56 Å². The molecule has 2 aromatic rings. The third kappa shape index (κ3) is 7.43. The highest BCUT2D eigenvalue weighted by Gasteiger charge is 2.04. The minimum absolute atomic E-state index is 0. The first-order valence-corrected chi connectivity index (χ1v) is 8.45. The van der Waals surface area contributed by atoms with E-state index in [1.54, 1.807) is 0 Å². The topological polar surface area (TPSA) is 79.5 Å². The van der Waals surface area contributed by atoms with Crippen molar-refractivity contribution in [2.75, 3.05) is 17.2 Å². The summed E-state index contributed by atoms with van der Waals surface area (Å²) < 4.78 is 0.898. The van der Waals surface area contributed by atoms with E-state index >= 15 is 0 Å². The predicted molar refractivity (Wildman–Crippen MR) is 119 cm³/mol. The van der Waals surface area contributed by atoms with E-state index in [1.807, 2.05) is 42.5 Å². The molecule has 0 atom stereocenters. The van der Waals surface area contributed by atoms with Crippen LogP contribution in [0.25, 0.3) is 0 Å². The molecule has 0 spiro atoms. The van der Waals surface area contributed by atoms with Gasteiger partial charge >= 0.3 is 0 Å². The lowest BCUT2D eigenvalue weighted by molar-refractivity contribution is -0.114. The average molecular weight is 517 g/mol. The van der Waals surface area contributed by atoms with Crippen molar-refractivity contribution >= 4 is 63.1 Å². The van der Waals surface area contributed by atoms with Crippen LogP contribution in [0.2, 0.25) is 0 Å². The normalized spacial score (nSPS) is 11.0. The van der Waals surface area contributed by atoms with Crippen molar-refractivity contribution < 1.29 is 4.79 Å². The maximum absolute atomic E-state index is 11.9. The van der Waals surface area contributed by atoms with Crippen LogP contribution in [0.1, 0.15) is 25.3 Å². The first kappa shape index (κ1) is 21.4. The number of anilines is 2. The molecule has 0 aliphatic rings. The molecule has 0 fully saturated rings. The molecule has 0 unspecified atom stereocenters. The molecule has 1 amide bonds. The Hall–Kier alpha value is -1.61. The Kier molecular flexibility index (Phi) is 8.91. The van der Waals surface area contributed by atoms with Crippen molar-refractivity contribution in [3.8, 4) is 0 Å². The van der Waals surface area contributed by atoms with Crippen LogP contribution in [0, 0.1) is 0 Å². The Labute approximate surface area is 173 Å². The van der Waals surface area contributed by atoms with E-state index in [0.29, 0.717) is 11.6 Å². The molecule has 134 valence electrons. The molecule has 0 saturated carbocycles. The maximum atomic E-state index is 11.9. The fourth-order valence-corrected chi connectivity index (χ4v) is 2.49. The highest BCUT2D eigenvalue weighted by Crippen LogP contribution is 2.18. The number of carbonyl (C=O) groups is 1. The van der Waals surface area contributed by atoms with Crippen LogP contribution in [0.3, 0.4) is 0 Å². The number of guanidine groups is 1. The molecule has 0 aliphatic heterocycles. The summed E-state index contributed by atoms with van der Waals surface area (Å²) in [6.45, 7) is 4.21. The third-order valence-corrected chi connectivity index (χ3v) is 3.82. The summed E-state index contributed by atoms with van der Waals surface area (Å²) in [5.41, 5.74) is 8.62. The molecule has 0 heterocycles. The number of nitrogens with one attached hydrogen (secondary N) is 2. The number of hydrogen-bond acceptors (Lipinski definition) is 2. The van der Waals surface area contributed by atoms with E-state index < -0.39 is 0 Å². The van der Waals surface area contributed by atoms with Gasteiger partial charge in [-0.25, -0.2) is 4.99 Å². The lowest BCUT2D eigenvalue weighted by atomic mass is 10.0. The van der Waals surface area contributed by atoms with Gasteiger partial charge in [0.1, 0.15) is 6.54 Å². The second-order valence-corrected chi connectivity index (χ2v) is 6.58. The molecule has 0 bridgehead atoms. The Morgan fingerprint density at radius 1 is 1.12 bits per heavy atom. The SMILES string of the molecule is CC(C)c1cccc(NC(N)=NCC(=O)Nc2cccc(Br)c2)c1.I. The molecule has 0 saturated heterocycles. The van der Waals surface area contributed by atoms with Crippen molar-refractivity contribution in [3.05, 3.63) is 58.6 Å². The van der Waals surface area contributed by atoms with Gasteiger partial charge in [0.25, 0.3) is 0 Å². The van der Waals surface area contributed by atoms with Gasteiger partial charge in [0.2, 0.25) is 5.91 Å². The van der Waals surface area contributed by atoms with Crippen LogP contribution < -0.4 is 16.4 Å². The largest absolute Gasteiger partial charge is 0.370 e. The van der Waals surface area contributed by atoms with Crippen LogP contribution >= 0.6 is 39.9 Å². The Morgan fingerprint density at radius 2 is 1.76 bits per heavy atom. The zero-order valence-corrected chi connectivity index (χ0v) is 18.0. The monoisotopic (exact) mass is 516 g/mol. The summed E-state index contributed by atoms with van der Waals surface area (Å²) >= 11 is 3.36. The molecule has 2 aromatic carbocycles. The minimum atomic E-state index is -0.228. The fraction of sp³-hybridized carbons (Fsp3) is 0.222. The van der Waals surface area contributed by atoms with Gasteiger partial charge in [-0.1, -0.05) is 48.0 Å². The number of aliphatic imine (C=N–C) groups is 1. The van der Waals surface area contributed by atoms with Crippen molar-refractivity contribution in [2.24, 2.45) is 10.7 Å². The van der Waals surface area contributed by atoms with E-state index in [9.17, 15) is 4.79 Å². The molecular formula is C18H22BrIN4O. The number of benzene rings is 2. The van der Waals surface area contributed by atoms with E-state index in [2.05, 4.69) is 51.5 Å². The van der Waals surface area contributed by atoms with E-state index in [-0.39, 0.29) is 42.4 Å². The highest BCUT2D eigenvalue weighted by molar-refractivity contribution is 14.0. The quantitative estimate of drug-likeness (QED) is 0.310. The Balaban J connectivity index is 0.00000312. The second-order valence-electron chi connectivity index (χ2n) is 5.67. The van der Waals surface area contributed by atoms with Gasteiger partial charge in [0.15, 0.2) is 5.96 Å². The highest BCUT2D eigenvalue weighted by atomic mass is 127. The second kappa shape index (κ2) is 10.4. The fourth-order valence-electron chi connectivity index (χ4n) is 2.09.